The fraction of sp³-hybridized carbons (Fsp3) is 0.333. The molecule has 6 heteroatoms. The van der Waals surface area contributed by atoms with E-state index < -0.39 is 6.09 Å². The van der Waals surface area contributed by atoms with Crippen molar-refractivity contribution in [1.29, 1.82) is 0 Å². The number of anilines is 2. The molecule has 0 aliphatic rings. The number of methoxy groups -OCH3 is 1. The van der Waals surface area contributed by atoms with Crippen molar-refractivity contribution in [2.45, 2.75) is 6.92 Å². The quantitative estimate of drug-likeness (QED) is 0.838. The van der Waals surface area contributed by atoms with Gasteiger partial charge >= 0.3 is 6.09 Å². The second-order valence-corrected chi connectivity index (χ2v) is 3.40. The van der Waals surface area contributed by atoms with E-state index in [1.807, 2.05) is 0 Å². The Hall–Kier alpha value is -2.08. The zero-order chi connectivity index (χ0) is 13.4. The minimum atomic E-state index is -0.506. The molecule has 18 heavy (non-hydrogen) atoms. The van der Waals surface area contributed by atoms with E-state index in [0.717, 1.165) is 0 Å². The van der Waals surface area contributed by atoms with E-state index in [4.69, 9.17) is 9.47 Å². The van der Waals surface area contributed by atoms with Crippen molar-refractivity contribution >= 4 is 23.4 Å². The molecule has 98 valence electrons. The van der Waals surface area contributed by atoms with E-state index in [-0.39, 0.29) is 12.5 Å². The average molecular weight is 252 g/mol. The van der Waals surface area contributed by atoms with Crippen molar-refractivity contribution in [3.05, 3.63) is 24.3 Å². The monoisotopic (exact) mass is 252 g/mol. The van der Waals surface area contributed by atoms with E-state index in [2.05, 4.69) is 10.6 Å². The first-order valence-electron chi connectivity index (χ1n) is 5.48. The number of hydrogen-bond donors (Lipinski definition) is 2. The molecule has 0 saturated carbocycles. The molecule has 2 amide bonds. The summed E-state index contributed by atoms with van der Waals surface area (Å²) in [5.74, 6) is -0.233. The van der Waals surface area contributed by atoms with Gasteiger partial charge in [-0.2, -0.15) is 0 Å². The molecule has 1 aromatic rings. The van der Waals surface area contributed by atoms with Crippen LogP contribution in [0.25, 0.3) is 0 Å². The van der Waals surface area contributed by atoms with Crippen LogP contribution in [0.15, 0.2) is 24.3 Å². The Morgan fingerprint density at radius 3 is 2.17 bits per heavy atom. The van der Waals surface area contributed by atoms with Crippen LogP contribution in [0.3, 0.4) is 0 Å². The number of rotatable bonds is 5. The number of benzene rings is 1. The van der Waals surface area contributed by atoms with Crippen molar-refractivity contribution in [3.63, 3.8) is 0 Å². The largest absolute Gasteiger partial charge is 0.450 e. The highest BCUT2D eigenvalue weighted by atomic mass is 16.5. The van der Waals surface area contributed by atoms with Crippen molar-refractivity contribution in [2.75, 3.05) is 31.0 Å². The van der Waals surface area contributed by atoms with Crippen LogP contribution >= 0.6 is 0 Å². The molecule has 6 nitrogen and oxygen atoms in total. The van der Waals surface area contributed by atoms with Crippen LogP contribution in [-0.4, -0.2) is 32.3 Å². The number of nitrogens with one attached hydrogen (secondary N) is 2. The normalized spacial score (nSPS) is 9.67. The second-order valence-electron chi connectivity index (χ2n) is 3.40. The molecule has 0 aliphatic heterocycles. The molecule has 0 atom stereocenters. The SMILES string of the molecule is CCOC(=O)Nc1ccc(NC(=O)COC)cc1. The predicted octanol–water partition coefficient (Wildman–Crippen LogP) is 1.84. The molecular formula is C12H16N2O4. The highest BCUT2D eigenvalue weighted by Gasteiger charge is 2.03. The lowest BCUT2D eigenvalue weighted by atomic mass is 10.3. The van der Waals surface area contributed by atoms with Crippen LogP contribution in [0.1, 0.15) is 6.92 Å². The third-order valence-corrected chi connectivity index (χ3v) is 1.97. The standard InChI is InChI=1S/C12H16N2O4/c1-3-18-12(16)14-10-6-4-9(5-7-10)13-11(15)8-17-2/h4-7H,3,8H2,1-2H3,(H,13,15)(H,14,16). The molecule has 0 radical (unpaired) electrons. The van der Waals surface area contributed by atoms with Crippen LogP contribution < -0.4 is 10.6 Å². The smallest absolute Gasteiger partial charge is 0.411 e. The Labute approximate surface area is 105 Å². The van der Waals surface area contributed by atoms with Crippen molar-refractivity contribution in [3.8, 4) is 0 Å². The van der Waals surface area contributed by atoms with Gasteiger partial charge in [-0.15, -0.1) is 0 Å². The van der Waals surface area contributed by atoms with Crippen LogP contribution in [0.4, 0.5) is 16.2 Å². The van der Waals surface area contributed by atoms with Crippen LogP contribution in [-0.2, 0) is 14.3 Å². The second kappa shape index (κ2) is 7.29. The Morgan fingerprint density at radius 1 is 1.11 bits per heavy atom. The van der Waals surface area contributed by atoms with E-state index in [0.29, 0.717) is 18.0 Å². The van der Waals surface area contributed by atoms with Gasteiger partial charge in [-0.1, -0.05) is 0 Å². The van der Waals surface area contributed by atoms with Gasteiger partial charge in [0.2, 0.25) is 5.91 Å². The third-order valence-electron chi connectivity index (χ3n) is 1.97. The first kappa shape index (κ1) is 14.0. The molecule has 0 aromatic heterocycles. The maximum absolute atomic E-state index is 11.2. The molecule has 2 N–H and O–H groups in total. The lowest BCUT2D eigenvalue weighted by molar-refractivity contribution is -0.119. The lowest BCUT2D eigenvalue weighted by Crippen LogP contribution is -2.17. The summed E-state index contributed by atoms with van der Waals surface area (Å²) in [5.41, 5.74) is 1.23. The van der Waals surface area contributed by atoms with Crippen LogP contribution in [0.2, 0.25) is 0 Å². The van der Waals surface area contributed by atoms with Gasteiger partial charge in [-0.3, -0.25) is 10.1 Å². The minimum absolute atomic E-state index is 0.00280. The van der Waals surface area contributed by atoms with Gasteiger partial charge < -0.3 is 14.8 Å². The molecule has 1 aromatic carbocycles. The van der Waals surface area contributed by atoms with Gasteiger partial charge in [-0.25, -0.2) is 4.79 Å². The highest BCUT2D eigenvalue weighted by Crippen LogP contribution is 2.13. The van der Waals surface area contributed by atoms with Crippen molar-refractivity contribution in [1.82, 2.24) is 0 Å². The summed E-state index contributed by atoms with van der Waals surface area (Å²) in [6.45, 7) is 2.05. The van der Waals surface area contributed by atoms with E-state index in [9.17, 15) is 9.59 Å². The van der Waals surface area contributed by atoms with E-state index >= 15 is 0 Å². The van der Waals surface area contributed by atoms with Gasteiger partial charge in [0.1, 0.15) is 6.61 Å². The van der Waals surface area contributed by atoms with Gasteiger partial charge in [0.05, 0.1) is 6.61 Å². The molecule has 0 bridgehead atoms. The van der Waals surface area contributed by atoms with Crippen LogP contribution in [0, 0.1) is 0 Å². The van der Waals surface area contributed by atoms with Gasteiger partial charge in [0.15, 0.2) is 0 Å². The Kier molecular flexibility index (Phi) is 5.66. The first-order valence-corrected chi connectivity index (χ1v) is 5.48. The molecule has 0 aliphatic carbocycles. The summed E-state index contributed by atoms with van der Waals surface area (Å²) in [6.07, 6.45) is -0.506. The average Bonchev–Trinajstić information content (AvgIpc) is 2.32. The summed E-state index contributed by atoms with van der Waals surface area (Å²) in [4.78, 5) is 22.4. The zero-order valence-electron chi connectivity index (χ0n) is 10.4. The number of carbonyl (C=O) groups is 2. The predicted molar refractivity (Wildman–Crippen MR) is 67.6 cm³/mol. The minimum Gasteiger partial charge on any atom is -0.450 e. The molecule has 0 spiro atoms. The Bertz CT molecular complexity index is 364. The topological polar surface area (TPSA) is 76.7 Å². The molecule has 0 heterocycles. The number of amides is 2. The molecule has 0 unspecified atom stereocenters. The Morgan fingerprint density at radius 2 is 1.67 bits per heavy atom. The fourth-order valence-electron chi connectivity index (χ4n) is 1.25. The maximum Gasteiger partial charge on any atom is 0.411 e. The fourth-order valence-corrected chi connectivity index (χ4v) is 1.25. The van der Waals surface area contributed by atoms with Gasteiger partial charge in [0.25, 0.3) is 0 Å². The lowest BCUT2D eigenvalue weighted by Gasteiger charge is -2.07. The molecular weight excluding hydrogens is 236 g/mol. The van der Waals surface area contributed by atoms with E-state index in [1.54, 1.807) is 31.2 Å². The molecule has 0 saturated heterocycles. The maximum atomic E-state index is 11.2. The summed E-state index contributed by atoms with van der Waals surface area (Å²) < 4.78 is 9.43. The summed E-state index contributed by atoms with van der Waals surface area (Å²) in [7, 11) is 1.45. The first-order chi connectivity index (χ1) is 8.65. The zero-order valence-corrected chi connectivity index (χ0v) is 10.4. The number of hydrogen-bond acceptors (Lipinski definition) is 4. The summed E-state index contributed by atoms with van der Waals surface area (Å²) in [5, 5.41) is 5.19. The molecule has 1 rings (SSSR count). The van der Waals surface area contributed by atoms with Crippen molar-refractivity contribution in [2.24, 2.45) is 0 Å². The van der Waals surface area contributed by atoms with Gasteiger partial charge in [-0.05, 0) is 31.2 Å². The number of ether oxygens (including phenoxy) is 2. The third kappa shape index (κ3) is 4.84. The molecule has 0 fully saturated rings. The van der Waals surface area contributed by atoms with Crippen molar-refractivity contribution < 1.29 is 19.1 Å². The summed E-state index contributed by atoms with van der Waals surface area (Å²) in [6, 6.07) is 6.68. The van der Waals surface area contributed by atoms with Crippen LogP contribution in [0.5, 0.6) is 0 Å². The van der Waals surface area contributed by atoms with E-state index in [1.165, 1.54) is 7.11 Å². The highest BCUT2D eigenvalue weighted by molar-refractivity contribution is 5.92. The summed E-state index contributed by atoms with van der Waals surface area (Å²) >= 11 is 0. The van der Waals surface area contributed by atoms with Gasteiger partial charge in [0, 0.05) is 18.5 Å². The number of carbonyl (C=O) groups excluding carboxylic acids is 2. The Balaban J connectivity index is 2.52.